The van der Waals surface area contributed by atoms with Gasteiger partial charge in [0, 0.05) is 11.6 Å². The van der Waals surface area contributed by atoms with Gasteiger partial charge < -0.3 is 15.5 Å². The monoisotopic (exact) mass is 292 g/mol. The van der Waals surface area contributed by atoms with E-state index >= 15 is 0 Å². The summed E-state index contributed by atoms with van der Waals surface area (Å²) in [7, 11) is 0. The predicted octanol–water partition coefficient (Wildman–Crippen LogP) is 2.36. The molecule has 0 radical (unpaired) electrons. The lowest BCUT2D eigenvalue weighted by molar-refractivity contribution is 0.666. The topological polar surface area (TPSA) is 103 Å². The zero-order chi connectivity index (χ0) is 14.9. The smallest absolute Gasteiger partial charge is 0.196 e. The zero-order valence-corrected chi connectivity index (χ0v) is 11.5. The number of nitrogens with two attached hydrogens (primary N) is 1. The van der Waals surface area contributed by atoms with Crippen molar-refractivity contribution in [2.75, 3.05) is 11.1 Å². The summed E-state index contributed by atoms with van der Waals surface area (Å²) in [4.78, 5) is 16.8. The zero-order valence-electron chi connectivity index (χ0n) is 11.5. The number of nitrogens with zero attached hydrogens (tertiary/aromatic N) is 4. The van der Waals surface area contributed by atoms with E-state index in [1.54, 1.807) is 12.3 Å². The molecule has 3 N–H and O–H groups in total. The Bertz CT molecular complexity index is 964. The molecule has 3 aromatic heterocycles. The lowest BCUT2D eigenvalue weighted by atomic mass is 10.2. The fourth-order valence-corrected chi connectivity index (χ4v) is 2.31. The quantitative estimate of drug-likeness (QED) is 0.597. The van der Waals surface area contributed by atoms with E-state index in [-0.39, 0.29) is 0 Å². The highest BCUT2D eigenvalue weighted by molar-refractivity contribution is 6.05. The molecule has 7 heteroatoms. The number of nitrogens with one attached hydrogen (secondary N) is 1. The molecule has 0 saturated heterocycles. The van der Waals surface area contributed by atoms with Crippen LogP contribution in [0, 0.1) is 0 Å². The molecule has 0 aliphatic rings. The van der Waals surface area contributed by atoms with Crippen LogP contribution in [0.3, 0.4) is 0 Å². The fraction of sp³-hybridized carbons (Fsp3) is 0.0667. The second-order valence-corrected chi connectivity index (χ2v) is 4.75. The predicted molar refractivity (Wildman–Crippen MR) is 83.1 cm³/mol. The van der Waals surface area contributed by atoms with Crippen LogP contribution in [-0.2, 0) is 6.54 Å². The fourth-order valence-electron chi connectivity index (χ4n) is 2.31. The van der Waals surface area contributed by atoms with Gasteiger partial charge in [0.1, 0.15) is 29.1 Å². The largest absolute Gasteiger partial charge is 0.450 e. The van der Waals surface area contributed by atoms with Crippen LogP contribution in [0.4, 0.5) is 11.6 Å². The van der Waals surface area contributed by atoms with Gasteiger partial charge in [-0.25, -0.2) is 19.9 Å². The molecule has 0 aliphatic carbocycles. The summed E-state index contributed by atoms with van der Waals surface area (Å²) in [5.74, 6) is 1.62. The molecule has 7 nitrogen and oxygen atoms in total. The van der Waals surface area contributed by atoms with E-state index in [1.165, 1.54) is 6.33 Å². The summed E-state index contributed by atoms with van der Waals surface area (Å²) in [5.41, 5.74) is 7.82. The van der Waals surface area contributed by atoms with Gasteiger partial charge in [0.25, 0.3) is 0 Å². The minimum Gasteiger partial charge on any atom is -0.450 e. The Balaban J connectivity index is 1.72. The molecule has 3 heterocycles. The van der Waals surface area contributed by atoms with Crippen LogP contribution in [0.15, 0.2) is 47.3 Å². The third-order valence-corrected chi connectivity index (χ3v) is 3.30. The van der Waals surface area contributed by atoms with Gasteiger partial charge >= 0.3 is 0 Å². The average Bonchev–Trinajstić information content (AvgIpc) is 2.92. The molecule has 0 unspecified atom stereocenters. The van der Waals surface area contributed by atoms with Crippen LogP contribution in [0.1, 0.15) is 5.82 Å². The molecule has 0 bridgehead atoms. The van der Waals surface area contributed by atoms with E-state index in [4.69, 9.17) is 10.2 Å². The van der Waals surface area contributed by atoms with E-state index < -0.39 is 0 Å². The highest BCUT2D eigenvalue weighted by Crippen LogP contribution is 2.30. The second-order valence-electron chi connectivity index (χ2n) is 4.75. The van der Waals surface area contributed by atoms with E-state index in [0.717, 1.165) is 16.5 Å². The Morgan fingerprint density at radius 3 is 2.91 bits per heavy atom. The number of para-hydroxylation sites is 1. The van der Waals surface area contributed by atoms with Gasteiger partial charge in [-0.2, -0.15) is 0 Å². The molecule has 22 heavy (non-hydrogen) atoms. The number of aromatic nitrogens is 4. The number of rotatable bonds is 3. The van der Waals surface area contributed by atoms with Crippen molar-refractivity contribution in [2.24, 2.45) is 0 Å². The van der Waals surface area contributed by atoms with Gasteiger partial charge in [0.15, 0.2) is 11.4 Å². The van der Waals surface area contributed by atoms with Crippen molar-refractivity contribution in [1.82, 2.24) is 19.9 Å². The first-order valence-electron chi connectivity index (χ1n) is 6.75. The lowest BCUT2D eigenvalue weighted by Crippen LogP contribution is -2.07. The van der Waals surface area contributed by atoms with Crippen LogP contribution in [0.25, 0.3) is 22.1 Å². The maximum atomic E-state index is 5.84. The van der Waals surface area contributed by atoms with Crippen molar-refractivity contribution in [3.8, 4) is 0 Å². The minimum absolute atomic E-state index is 0.397. The summed E-state index contributed by atoms with van der Waals surface area (Å²) in [6, 6.07) is 9.39. The summed E-state index contributed by atoms with van der Waals surface area (Å²) in [6.07, 6.45) is 3.13. The molecular formula is C15H12N6O. The van der Waals surface area contributed by atoms with Gasteiger partial charge in [-0.15, -0.1) is 0 Å². The van der Waals surface area contributed by atoms with Gasteiger partial charge in [-0.3, -0.25) is 0 Å². The molecule has 0 saturated carbocycles. The summed E-state index contributed by atoms with van der Waals surface area (Å²) in [5, 5.41) is 4.13. The number of fused-ring (bicyclic) bond motifs is 3. The van der Waals surface area contributed by atoms with Gasteiger partial charge in [-0.05, 0) is 18.2 Å². The Labute approximate surface area is 125 Å². The highest BCUT2D eigenvalue weighted by Gasteiger charge is 2.12. The van der Waals surface area contributed by atoms with Crippen LogP contribution >= 0.6 is 0 Å². The van der Waals surface area contributed by atoms with Crippen molar-refractivity contribution in [2.45, 2.75) is 6.54 Å². The van der Waals surface area contributed by atoms with Crippen molar-refractivity contribution < 1.29 is 4.42 Å². The Morgan fingerprint density at radius 1 is 1.09 bits per heavy atom. The van der Waals surface area contributed by atoms with E-state index in [1.807, 2.05) is 24.3 Å². The van der Waals surface area contributed by atoms with Crippen molar-refractivity contribution in [3.63, 3.8) is 0 Å². The standard InChI is InChI=1S/C15H12N6O/c16-11-5-6-17-12(21-11)7-18-15-14-13(19-8-20-15)9-3-1-2-4-10(9)22-14/h1-6,8H,7H2,(H2,16,17,21)(H,18,19,20). The molecule has 1 aromatic carbocycles. The maximum absolute atomic E-state index is 5.84. The van der Waals surface area contributed by atoms with Gasteiger partial charge in [-0.1, -0.05) is 12.1 Å². The number of furan rings is 1. The van der Waals surface area contributed by atoms with Crippen LogP contribution in [0.2, 0.25) is 0 Å². The van der Waals surface area contributed by atoms with E-state index in [9.17, 15) is 0 Å². The first-order valence-corrected chi connectivity index (χ1v) is 6.75. The molecule has 0 aliphatic heterocycles. The van der Waals surface area contributed by atoms with Crippen molar-refractivity contribution >= 4 is 33.7 Å². The molecule has 0 fully saturated rings. The van der Waals surface area contributed by atoms with Crippen molar-refractivity contribution in [3.05, 3.63) is 48.7 Å². The molecule has 108 valence electrons. The SMILES string of the molecule is Nc1ccnc(CNc2ncnc3c2oc2ccccc23)n1. The average molecular weight is 292 g/mol. The van der Waals surface area contributed by atoms with Crippen molar-refractivity contribution in [1.29, 1.82) is 0 Å². The Hall–Kier alpha value is -3.22. The molecular weight excluding hydrogens is 280 g/mol. The second kappa shape index (κ2) is 4.96. The van der Waals surface area contributed by atoms with E-state index in [2.05, 4.69) is 25.3 Å². The third-order valence-electron chi connectivity index (χ3n) is 3.30. The van der Waals surface area contributed by atoms with Gasteiger partial charge in [0.2, 0.25) is 0 Å². The molecule has 4 aromatic rings. The maximum Gasteiger partial charge on any atom is 0.196 e. The first kappa shape index (κ1) is 12.5. The molecule has 0 amide bonds. The highest BCUT2D eigenvalue weighted by atomic mass is 16.3. The van der Waals surface area contributed by atoms with E-state index in [0.29, 0.717) is 29.6 Å². The molecule has 4 rings (SSSR count). The summed E-state index contributed by atoms with van der Waals surface area (Å²) < 4.78 is 5.84. The van der Waals surface area contributed by atoms with Crippen LogP contribution in [-0.4, -0.2) is 19.9 Å². The number of benzene rings is 1. The number of nitrogen functional groups attached to an aromatic ring is 1. The summed E-state index contributed by atoms with van der Waals surface area (Å²) >= 11 is 0. The summed E-state index contributed by atoms with van der Waals surface area (Å²) in [6.45, 7) is 0.397. The molecule has 0 atom stereocenters. The van der Waals surface area contributed by atoms with Crippen LogP contribution < -0.4 is 11.1 Å². The number of hydrogen-bond donors (Lipinski definition) is 2. The Morgan fingerprint density at radius 2 is 2.00 bits per heavy atom. The lowest BCUT2D eigenvalue weighted by Gasteiger charge is -2.04. The Kier molecular flexibility index (Phi) is 2.82. The first-order chi connectivity index (χ1) is 10.8. The third kappa shape index (κ3) is 2.08. The van der Waals surface area contributed by atoms with Gasteiger partial charge in [0.05, 0.1) is 6.54 Å². The normalized spacial score (nSPS) is 11.1. The minimum atomic E-state index is 0.397. The number of hydrogen-bond acceptors (Lipinski definition) is 7. The number of anilines is 2. The van der Waals surface area contributed by atoms with Crippen LogP contribution in [0.5, 0.6) is 0 Å². The molecule has 0 spiro atoms.